The topological polar surface area (TPSA) is 71.1 Å². The number of hydrogen-bond donors (Lipinski definition) is 2. The average molecular weight is 380 g/mol. The average Bonchev–Trinajstić information content (AvgIpc) is 2.70. The lowest BCUT2D eigenvalue weighted by atomic mass is 10.1. The van der Waals surface area contributed by atoms with Crippen molar-refractivity contribution in [2.24, 2.45) is 0 Å². The Morgan fingerprint density at radius 2 is 1.48 bits per heavy atom. The van der Waals surface area contributed by atoms with E-state index in [1.54, 1.807) is 42.5 Å². The third-order valence-electron chi connectivity index (χ3n) is 3.98. The van der Waals surface area contributed by atoms with Crippen molar-refractivity contribution in [3.05, 3.63) is 94.8 Å². The molecule has 1 unspecified atom stereocenters. The van der Waals surface area contributed by atoms with Crippen LogP contribution in [-0.2, 0) is 0 Å². The number of pyridine rings is 1. The maximum absolute atomic E-state index is 12.5. The van der Waals surface area contributed by atoms with Gasteiger partial charge in [-0.15, -0.1) is 0 Å². The minimum Gasteiger partial charge on any atom is -0.344 e. The van der Waals surface area contributed by atoms with Gasteiger partial charge in [-0.2, -0.15) is 0 Å². The fourth-order valence-electron chi connectivity index (χ4n) is 2.53. The van der Waals surface area contributed by atoms with Crippen LogP contribution >= 0.6 is 11.6 Å². The van der Waals surface area contributed by atoms with Gasteiger partial charge in [0.1, 0.15) is 11.4 Å². The van der Waals surface area contributed by atoms with Crippen molar-refractivity contribution < 1.29 is 9.59 Å². The first-order chi connectivity index (χ1) is 13.0. The quantitative estimate of drug-likeness (QED) is 0.686. The second-order valence-electron chi connectivity index (χ2n) is 5.95. The number of benzene rings is 2. The number of rotatable bonds is 5. The summed E-state index contributed by atoms with van der Waals surface area (Å²) in [6.07, 6.45) is 0. The van der Waals surface area contributed by atoms with Crippen molar-refractivity contribution in [1.82, 2.24) is 10.3 Å². The van der Waals surface area contributed by atoms with Crippen molar-refractivity contribution in [1.29, 1.82) is 0 Å². The first kappa shape index (κ1) is 18.6. The normalized spacial score (nSPS) is 11.5. The summed E-state index contributed by atoms with van der Waals surface area (Å²) in [4.78, 5) is 29.1. The summed E-state index contributed by atoms with van der Waals surface area (Å²) in [7, 11) is 0. The van der Waals surface area contributed by atoms with Crippen LogP contribution in [0.5, 0.6) is 0 Å². The number of halogens is 1. The van der Waals surface area contributed by atoms with Gasteiger partial charge in [-0.3, -0.25) is 9.59 Å². The Bertz CT molecular complexity index is 960. The molecule has 0 aliphatic heterocycles. The highest BCUT2D eigenvalue weighted by molar-refractivity contribution is 6.33. The summed E-state index contributed by atoms with van der Waals surface area (Å²) in [5, 5.41) is 6.00. The molecule has 0 saturated carbocycles. The van der Waals surface area contributed by atoms with Crippen LogP contribution in [0.25, 0.3) is 0 Å². The lowest BCUT2D eigenvalue weighted by molar-refractivity contribution is 0.0934. The Morgan fingerprint density at radius 1 is 0.852 bits per heavy atom. The maximum Gasteiger partial charge on any atom is 0.274 e. The number of nitrogens with one attached hydrogen (secondary N) is 2. The lowest BCUT2D eigenvalue weighted by Gasteiger charge is -2.14. The van der Waals surface area contributed by atoms with E-state index >= 15 is 0 Å². The molecule has 0 fully saturated rings. The van der Waals surface area contributed by atoms with Gasteiger partial charge in [0.15, 0.2) is 0 Å². The molecule has 136 valence electrons. The fourth-order valence-corrected chi connectivity index (χ4v) is 2.72. The standard InChI is InChI=1S/C21H18ClN3O2/c1-14(15-8-3-2-4-9-15)23-20(26)18-12-7-13-19(24-18)21(27)25-17-11-6-5-10-16(17)22/h2-14H,1H3,(H,23,26)(H,25,27). The number of aromatic nitrogens is 1. The number of hydrogen-bond acceptors (Lipinski definition) is 3. The van der Waals surface area contributed by atoms with Crippen LogP contribution in [0.15, 0.2) is 72.8 Å². The van der Waals surface area contributed by atoms with E-state index in [1.807, 2.05) is 37.3 Å². The summed E-state index contributed by atoms with van der Waals surface area (Å²) < 4.78 is 0. The zero-order valence-electron chi connectivity index (χ0n) is 14.6. The molecule has 2 amide bonds. The van der Waals surface area contributed by atoms with Crippen LogP contribution in [0.1, 0.15) is 39.5 Å². The van der Waals surface area contributed by atoms with Crippen molar-refractivity contribution in [2.45, 2.75) is 13.0 Å². The van der Waals surface area contributed by atoms with Crippen molar-refractivity contribution >= 4 is 29.1 Å². The van der Waals surface area contributed by atoms with Crippen LogP contribution in [-0.4, -0.2) is 16.8 Å². The van der Waals surface area contributed by atoms with Crippen LogP contribution in [0, 0.1) is 0 Å². The minimum absolute atomic E-state index is 0.134. The van der Waals surface area contributed by atoms with Gasteiger partial charge in [-0.25, -0.2) is 4.98 Å². The molecule has 1 aromatic heterocycles. The highest BCUT2D eigenvalue weighted by atomic mass is 35.5. The van der Waals surface area contributed by atoms with E-state index in [0.717, 1.165) is 5.56 Å². The van der Waals surface area contributed by atoms with Crippen molar-refractivity contribution in [3.63, 3.8) is 0 Å². The second-order valence-corrected chi connectivity index (χ2v) is 6.36. The van der Waals surface area contributed by atoms with E-state index in [0.29, 0.717) is 10.7 Å². The molecule has 27 heavy (non-hydrogen) atoms. The van der Waals surface area contributed by atoms with Gasteiger partial charge in [-0.1, -0.05) is 60.1 Å². The molecule has 0 spiro atoms. The van der Waals surface area contributed by atoms with E-state index in [4.69, 9.17) is 11.6 Å². The predicted octanol–water partition coefficient (Wildman–Crippen LogP) is 4.48. The third-order valence-corrected chi connectivity index (χ3v) is 4.31. The molecule has 0 bridgehead atoms. The van der Waals surface area contributed by atoms with Crippen LogP contribution in [0.4, 0.5) is 5.69 Å². The van der Waals surface area contributed by atoms with Gasteiger partial charge in [0.25, 0.3) is 11.8 Å². The number of nitrogens with zero attached hydrogens (tertiary/aromatic N) is 1. The Morgan fingerprint density at radius 3 is 2.19 bits per heavy atom. The molecular formula is C21H18ClN3O2. The summed E-state index contributed by atoms with van der Waals surface area (Å²) >= 11 is 6.05. The number of carbonyl (C=O) groups excluding carboxylic acids is 2. The van der Waals surface area contributed by atoms with E-state index < -0.39 is 5.91 Å². The van der Waals surface area contributed by atoms with Gasteiger partial charge in [0.05, 0.1) is 16.8 Å². The number of carbonyl (C=O) groups is 2. The Labute approximate surface area is 162 Å². The Kier molecular flexibility index (Phi) is 5.84. The monoisotopic (exact) mass is 379 g/mol. The summed E-state index contributed by atoms with van der Waals surface area (Å²) in [5.74, 6) is -0.785. The number of amides is 2. The molecular weight excluding hydrogens is 362 g/mol. The van der Waals surface area contributed by atoms with E-state index in [-0.39, 0.29) is 23.3 Å². The largest absolute Gasteiger partial charge is 0.344 e. The molecule has 6 heteroatoms. The first-order valence-corrected chi connectivity index (χ1v) is 8.81. The molecule has 0 aliphatic rings. The molecule has 5 nitrogen and oxygen atoms in total. The lowest BCUT2D eigenvalue weighted by Crippen LogP contribution is -2.28. The van der Waals surface area contributed by atoms with Gasteiger partial charge >= 0.3 is 0 Å². The minimum atomic E-state index is -0.436. The maximum atomic E-state index is 12.5. The molecule has 1 atom stereocenters. The summed E-state index contributed by atoms with van der Waals surface area (Å²) in [5.41, 5.74) is 1.77. The van der Waals surface area contributed by atoms with Crippen LogP contribution in [0.3, 0.4) is 0 Å². The summed E-state index contributed by atoms with van der Waals surface area (Å²) in [6.45, 7) is 1.89. The molecule has 1 heterocycles. The Hall–Kier alpha value is -3.18. The van der Waals surface area contributed by atoms with Crippen molar-refractivity contribution in [3.8, 4) is 0 Å². The van der Waals surface area contributed by atoms with Crippen molar-refractivity contribution in [2.75, 3.05) is 5.32 Å². The molecule has 0 aliphatic carbocycles. The highest BCUT2D eigenvalue weighted by Crippen LogP contribution is 2.21. The number of anilines is 1. The number of para-hydroxylation sites is 1. The van der Waals surface area contributed by atoms with Crippen LogP contribution in [0.2, 0.25) is 5.02 Å². The molecule has 0 saturated heterocycles. The van der Waals surface area contributed by atoms with E-state index in [2.05, 4.69) is 15.6 Å². The van der Waals surface area contributed by atoms with Crippen LogP contribution < -0.4 is 10.6 Å². The van der Waals surface area contributed by atoms with Gasteiger partial charge in [0, 0.05) is 0 Å². The predicted molar refractivity (Wildman–Crippen MR) is 106 cm³/mol. The molecule has 0 radical (unpaired) electrons. The molecule has 3 aromatic rings. The second kappa shape index (κ2) is 8.47. The SMILES string of the molecule is CC(NC(=O)c1cccc(C(=O)Nc2ccccc2Cl)n1)c1ccccc1. The van der Waals surface area contributed by atoms with E-state index in [9.17, 15) is 9.59 Å². The fraction of sp³-hybridized carbons (Fsp3) is 0.0952. The zero-order chi connectivity index (χ0) is 19.2. The van der Waals surface area contributed by atoms with Gasteiger partial charge in [-0.05, 0) is 36.8 Å². The van der Waals surface area contributed by atoms with Gasteiger partial charge < -0.3 is 10.6 Å². The smallest absolute Gasteiger partial charge is 0.274 e. The molecule has 3 rings (SSSR count). The highest BCUT2D eigenvalue weighted by Gasteiger charge is 2.15. The summed E-state index contributed by atoms with van der Waals surface area (Å²) in [6, 6.07) is 21.1. The van der Waals surface area contributed by atoms with Gasteiger partial charge in [0.2, 0.25) is 0 Å². The zero-order valence-corrected chi connectivity index (χ0v) is 15.4. The molecule has 2 aromatic carbocycles. The third kappa shape index (κ3) is 4.71. The van der Waals surface area contributed by atoms with E-state index in [1.165, 1.54) is 0 Å². The molecule has 2 N–H and O–H groups in total. The Balaban J connectivity index is 1.72. The first-order valence-electron chi connectivity index (χ1n) is 8.43.